The lowest BCUT2D eigenvalue weighted by Gasteiger charge is -2.45. The molecule has 4 nitrogen and oxygen atoms in total. The van der Waals surface area contributed by atoms with Gasteiger partial charge >= 0.3 is 6.09 Å². The van der Waals surface area contributed by atoms with Gasteiger partial charge in [-0.1, -0.05) is 37.3 Å². The maximum absolute atomic E-state index is 11.6. The van der Waals surface area contributed by atoms with Crippen LogP contribution >= 0.6 is 0 Å². The molecule has 0 aliphatic carbocycles. The number of benzene rings is 1. The molecule has 1 aliphatic heterocycles. The molecule has 0 radical (unpaired) electrons. The maximum atomic E-state index is 11.6. The first-order chi connectivity index (χ1) is 8.13. The minimum atomic E-state index is -0.306. The second-order valence-electron chi connectivity index (χ2n) is 4.87. The van der Waals surface area contributed by atoms with Gasteiger partial charge in [-0.15, -0.1) is 0 Å². The molecule has 1 N–H and O–H groups in total. The summed E-state index contributed by atoms with van der Waals surface area (Å²) in [6, 6.07) is 9.58. The number of carbonyl (C=O) groups is 1. The van der Waals surface area contributed by atoms with Crippen LogP contribution < -0.4 is 0 Å². The third-order valence-corrected chi connectivity index (χ3v) is 2.99. The molecule has 17 heavy (non-hydrogen) atoms. The SMILES string of the molecule is CC1(CO)CN(C(=O)OCc2ccccc2)C1. The van der Waals surface area contributed by atoms with Crippen LogP contribution in [0.3, 0.4) is 0 Å². The van der Waals surface area contributed by atoms with E-state index in [2.05, 4.69) is 0 Å². The quantitative estimate of drug-likeness (QED) is 0.866. The third-order valence-electron chi connectivity index (χ3n) is 2.99. The summed E-state index contributed by atoms with van der Waals surface area (Å²) >= 11 is 0. The molecule has 0 spiro atoms. The number of rotatable bonds is 3. The number of carbonyl (C=O) groups excluding carboxylic acids is 1. The predicted molar refractivity (Wildman–Crippen MR) is 63.4 cm³/mol. The largest absolute Gasteiger partial charge is 0.445 e. The van der Waals surface area contributed by atoms with Crippen LogP contribution in [0.1, 0.15) is 12.5 Å². The van der Waals surface area contributed by atoms with E-state index in [0.717, 1.165) is 5.56 Å². The summed E-state index contributed by atoms with van der Waals surface area (Å²) in [5.74, 6) is 0. The fraction of sp³-hybridized carbons (Fsp3) is 0.462. The summed E-state index contributed by atoms with van der Waals surface area (Å²) in [5.41, 5.74) is 0.831. The molecule has 1 aromatic carbocycles. The van der Waals surface area contributed by atoms with Crippen molar-refractivity contribution >= 4 is 6.09 Å². The third kappa shape index (κ3) is 2.77. The van der Waals surface area contributed by atoms with Crippen molar-refractivity contribution in [3.63, 3.8) is 0 Å². The normalized spacial score (nSPS) is 17.4. The summed E-state index contributed by atoms with van der Waals surface area (Å²) in [6.07, 6.45) is -0.306. The zero-order chi connectivity index (χ0) is 12.3. The van der Waals surface area contributed by atoms with Crippen LogP contribution in [-0.4, -0.2) is 35.8 Å². The van der Waals surface area contributed by atoms with Gasteiger partial charge in [0.2, 0.25) is 0 Å². The van der Waals surface area contributed by atoms with Crippen LogP contribution in [0.2, 0.25) is 0 Å². The Bertz CT molecular complexity index is 385. The molecule has 1 aliphatic rings. The van der Waals surface area contributed by atoms with Crippen molar-refractivity contribution < 1.29 is 14.6 Å². The first kappa shape index (κ1) is 11.9. The highest BCUT2D eigenvalue weighted by Crippen LogP contribution is 2.29. The van der Waals surface area contributed by atoms with Crippen molar-refractivity contribution in [2.24, 2.45) is 5.41 Å². The van der Waals surface area contributed by atoms with E-state index >= 15 is 0 Å². The van der Waals surface area contributed by atoms with Gasteiger partial charge < -0.3 is 14.7 Å². The number of ether oxygens (including phenoxy) is 1. The fourth-order valence-corrected chi connectivity index (χ4v) is 1.91. The lowest BCUT2D eigenvalue weighted by atomic mass is 9.83. The van der Waals surface area contributed by atoms with Gasteiger partial charge in [-0.05, 0) is 5.56 Å². The van der Waals surface area contributed by atoms with Gasteiger partial charge in [0.25, 0.3) is 0 Å². The lowest BCUT2D eigenvalue weighted by Crippen LogP contribution is -2.58. The van der Waals surface area contributed by atoms with Crippen LogP contribution in [0.5, 0.6) is 0 Å². The Kier molecular flexibility index (Phi) is 3.33. The van der Waals surface area contributed by atoms with Gasteiger partial charge in [0.05, 0.1) is 6.61 Å². The average Bonchev–Trinajstić information content (AvgIpc) is 2.33. The van der Waals surface area contributed by atoms with Crippen LogP contribution in [0.25, 0.3) is 0 Å². The summed E-state index contributed by atoms with van der Waals surface area (Å²) < 4.78 is 5.18. The second-order valence-corrected chi connectivity index (χ2v) is 4.87. The molecule has 1 amide bonds. The topological polar surface area (TPSA) is 49.8 Å². The Hall–Kier alpha value is -1.55. The van der Waals surface area contributed by atoms with Crippen LogP contribution in [0, 0.1) is 5.41 Å². The molecule has 4 heteroatoms. The highest BCUT2D eigenvalue weighted by Gasteiger charge is 2.41. The molecule has 0 bridgehead atoms. The maximum Gasteiger partial charge on any atom is 0.410 e. The minimum absolute atomic E-state index is 0.107. The van der Waals surface area contributed by atoms with Gasteiger partial charge in [0, 0.05) is 18.5 Å². The Morgan fingerprint density at radius 1 is 1.41 bits per heavy atom. The predicted octanol–water partition coefficient (Wildman–Crippen LogP) is 1.64. The zero-order valence-corrected chi connectivity index (χ0v) is 9.93. The molecule has 0 unspecified atom stereocenters. The highest BCUT2D eigenvalue weighted by atomic mass is 16.6. The number of aliphatic hydroxyl groups excluding tert-OH is 1. The van der Waals surface area contributed by atoms with E-state index in [4.69, 9.17) is 9.84 Å². The van der Waals surface area contributed by atoms with E-state index in [9.17, 15) is 4.79 Å². The van der Waals surface area contributed by atoms with Gasteiger partial charge in [-0.2, -0.15) is 0 Å². The fourth-order valence-electron chi connectivity index (χ4n) is 1.91. The molecule has 0 saturated carbocycles. The van der Waals surface area contributed by atoms with Crippen molar-refractivity contribution in [1.82, 2.24) is 4.90 Å². The molecule has 0 aromatic heterocycles. The summed E-state index contributed by atoms with van der Waals surface area (Å²) in [4.78, 5) is 13.2. The zero-order valence-electron chi connectivity index (χ0n) is 9.93. The van der Waals surface area contributed by atoms with Crippen LogP contribution in [0.15, 0.2) is 30.3 Å². The number of aliphatic hydroxyl groups is 1. The minimum Gasteiger partial charge on any atom is -0.445 e. The standard InChI is InChI=1S/C13H17NO3/c1-13(10-15)8-14(9-13)12(16)17-7-11-5-3-2-4-6-11/h2-6,15H,7-10H2,1H3. The smallest absolute Gasteiger partial charge is 0.410 e. The van der Waals surface area contributed by atoms with E-state index < -0.39 is 0 Å². The number of hydrogen-bond acceptors (Lipinski definition) is 3. The van der Waals surface area contributed by atoms with E-state index in [-0.39, 0.29) is 18.1 Å². The van der Waals surface area contributed by atoms with E-state index in [1.807, 2.05) is 37.3 Å². The molecular formula is C13H17NO3. The van der Waals surface area contributed by atoms with Gasteiger partial charge in [0.1, 0.15) is 6.61 Å². The highest BCUT2D eigenvalue weighted by molar-refractivity contribution is 5.69. The summed E-state index contributed by atoms with van der Waals surface area (Å²) in [5, 5.41) is 9.07. The summed E-state index contributed by atoms with van der Waals surface area (Å²) in [6.45, 7) is 3.49. The molecule has 1 fully saturated rings. The Balaban J connectivity index is 1.76. The average molecular weight is 235 g/mol. The molecule has 1 saturated heterocycles. The van der Waals surface area contributed by atoms with E-state index in [1.54, 1.807) is 4.90 Å². The Morgan fingerprint density at radius 3 is 2.65 bits per heavy atom. The van der Waals surface area contributed by atoms with E-state index in [0.29, 0.717) is 19.7 Å². The molecular weight excluding hydrogens is 218 g/mol. The van der Waals surface area contributed by atoms with E-state index in [1.165, 1.54) is 0 Å². The molecule has 0 atom stereocenters. The van der Waals surface area contributed by atoms with Crippen LogP contribution in [0.4, 0.5) is 4.79 Å². The van der Waals surface area contributed by atoms with Crippen molar-refractivity contribution in [2.75, 3.05) is 19.7 Å². The number of amides is 1. The van der Waals surface area contributed by atoms with Gasteiger partial charge in [-0.25, -0.2) is 4.79 Å². The summed E-state index contributed by atoms with van der Waals surface area (Å²) in [7, 11) is 0. The molecule has 2 rings (SSSR count). The number of hydrogen-bond donors (Lipinski definition) is 1. The van der Waals surface area contributed by atoms with Crippen LogP contribution in [-0.2, 0) is 11.3 Å². The van der Waals surface area contributed by atoms with Crippen molar-refractivity contribution in [2.45, 2.75) is 13.5 Å². The van der Waals surface area contributed by atoms with Gasteiger partial charge in [0.15, 0.2) is 0 Å². The molecule has 1 aromatic rings. The Labute approximate surface area is 101 Å². The monoisotopic (exact) mass is 235 g/mol. The number of likely N-dealkylation sites (tertiary alicyclic amines) is 1. The van der Waals surface area contributed by atoms with Crippen molar-refractivity contribution in [3.05, 3.63) is 35.9 Å². The van der Waals surface area contributed by atoms with Crippen molar-refractivity contribution in [3.8, 4) is 0 Å². The molecule has 1 heterocycles. The first-order valence-corrected chi connectivity index (χ1v) is 5.69. The molecule has 92 valence electrons. The Morgan fingerprint density at radius 2 is 2.06 bits per heavy atom. The number of nitrogens with zero attached hydrogens (tertiary/aromatic N) is 1. The van der Waals surface area contributed by atoms with Crippen molar-refractivity contribution in [1.29, 1.82) is 0 Å². The second kappa shape index (κ2) is 4.75. The van der Waals surface area contributed by atoms with Gasteiger partial charge in [-0.3, -0.25) is 0 Å². The first-order valence-electron chi connectivity index (χ1n) is 5.69. The lowest BCUT2D eigenvalue weighted by molar-refractivity contribution is -0.0264.